The van der Waals surface area contributed by atoms with Gasteiger partial charge in [-0.15, -0.1) is 0 Å². The number of benzene rings is 2. The highest BCUT2D eigenvalue weighted by Gasteiger charge is 2.31. The molecule has 0 saturated carbocycles. The van der Waals surface area contributed by atoms with Gasteiger partial charge < -0.3 is 18.9 Å². The Morgan fingerprint density at radius 3 is 1.34 bits per heavy atom. The van der Waals surface area contributed by atoms with Gasteiger partial charge >= 0.3 is 0 Å². The zero-order valence-corrected chi connectivity index (χ0v) is 24.0. The van der Waals surface area contributed by atoms with Crippen molar-refractivity contribution in [2.24, 2.45) is 10.2 Å². The Balaban J connectivity index is 1.14. The lowest BCUT2D eigenvalue weighted by Gasteiger charge is -2.31. The molecule has 0 radical (unpaired) electrons. The van der Waals surface area contributed by atoms with Crippen LogP contribution in [0.2, 0.25) is 0 Å². The monoisotopic (exact) mass is 594 g/mol. The predicted molar refractivity (Wildman–Crippen MR) is 161 cm³/mol. The number of hydrogen-bond donors (Lipinski definition) is 2. The Kier molecular flexibility index (Phi) is 9.98. The van der Waals surface area contributed by atoms with Gasteiger partial charge in [-0.3, -0.25) is 19.6 Å². The van der Waals surface area contributed by atoms with Crippen LogP contribution < -0.4 is 20.3 Å². The van der Waals surface area contributed by atoms with E-state index in [1.807, 2.05) is 24.3 Å². The van der Waals surface area contributed by atoms with Crippen molar-refractivity contribution in [3.8, 4) is 11.5 Å². The summed E-state index contributed by atoms with van der Waals surface area (Å²) in [6, 6.07) is 20.3. The fourth-order valence-electron chi connectivity index (χ4n) is 4.02. The molecule has 1 fully saturated rings. The number of nitrogens with zero attached hydrogens (tertiary/aromatic N) is 4. The molecule has 0 aliphatic carbocycles. The number of hydrogen-bond acceptors (Lipinski definition) is 10. The Morgan fingerprint density at radius 2 is 0.977 bits per heavy atom. The van der Waals surface area contributed by atoms with Gasteiger partial charge in [0.25, 0.3) is 24.4 Å². The van der Waals surface area contributed by atoms with Crippen LogP contribution in [0, 0.1) is 0 Å². The van der Waals surface area contributed by atoms with E-state index in [-0.39, 0.29) is 11.8 Å². The molecule has 2 aromatic heterocycles. The summed E-state index contributed by atoms with van der Waals surface area (Å²) in [4.78, 5) is 33.1. The van der Waals surface area contributed by atoms with Gasteiger partial charge in [0.1, 0.15) is 11.5 Å². The first kappa shape index (κ1) is 30.0. The van der Waals surface area contributed by atoms with Crippen LogP contribution in [0.1, 0.15) is 45.7 Å². The van der Waals surface area contributed by atoms with Crippen molar-refractivity contribution in [2.75, 3.05) is 13.2 Å². The van der Waals surface area contributed by atoms with Gasteiger partial charge in [0.2, 0.25) is 0 Å². The molecule has 1 aliphatic rings. The second kappa shape index (κ2) is 14.6. The number of aromatic nitrogens is 2. The fourth-order valence-corrected chi connectivity index (χ4v) is 4.02. The molecule has 0 unspecified atom stereocenters. The maximum Gasteiger partial charge on any atom is 0.271 e. The maximum absolute atomic E-state index is 12.6. The minimum Gasteiger partial charge on any atom is -0.458 e. The van der Waals surface area contributed by atoms with Crippen LogP contribution >= 0.6 is 0 Å². The minimum absolute atomic E-state index is 0.318. The van der Waals surface area contributed by atoms with E-state index in [0.717, 1.165) is 11.1 Å². The summed E-state index contributed by atoms with van der Waals surface area (Å²) in [5, 5.41) is 8.31. The van der Waals surface area contributed by atoms with Crippen molar-refractivity contribution in [1.82, 2.24) is 20.8 Å². The summed E-state index contributed by atoms with van der Waals surface area (Å²) in [6.07, 6.45) is 4.89. The average molecular weight is 595 g/mol. The number of ether oxygens (including phenoxy) is 4. The van der Waals surface area contributed by atoms with Crippen LogP contribution in [0.25, 0.3) is 0 Å². The highest BCUT2D eigenvalue weighted by Crippen LogP contribution is 2.22. The predicted octanol–water partition coefficient (Wildman–Crippen LogP) is 3.94. The molecule has 1 saturated heterocycles. The van der Waals surface area contributed by atoms with Crippen molar-refractivity contribution < 1.29 is 28.5 Å². The molecule has 12 nitrogen and oxygen atoms in total. The van der Waals surface area contributed by atoms with Crippen LogP contribution in [0.5, 0.6) is 11.5 Å². The molecule has 2 N–H and O–H groups in total. The van der Waals surface area contributed by atoms with Crippen molar-refractivity contribution in [3.05, 3.63) is 120 Å². The van der Waals surface area contributed by atoms with Crippen LogP contribution in [-0.4, -0.2) is 59.0 Å². The van der Waals surface area contributed by atoms with E-state index in [4.69, 9.17) is 18.9 Å². The molecule has 2 atom stereocenters. The molecule has 4 aromatic rings. The molecular weight excluding hydrogens is 564 g/mol. The van der Waals surface area contributed by atoms with Gasteiger partial charge in [0.05, 0.1) is 24.6 Å². The molecule has 2 amide bonds. The smallest absolute Gasteiger partial charge is 0.271 e. The van der Waals surface area contributed by atoms with E-state index in [9.17, 15) is 9.59 Å². The van der Waals surface area contributed by atoms with Crippen LogP contribution in [0.3, 0.4) is 0 Å². The number of nitrogens with one attached hydrogen (secondary N) is 2. The third-order valence-electron chi connectivity index (χ3n) is 6.45. The second-order valence-electron chi connectivity index (χ2n) is 9.51. The summed E-state index contributed by atoms with van der Waals surface area (Å²) in [6.45, 7) is 4.23. The third-order valence-corrected chi connectivity index (χ3v) is 6.45. The number of carbonyl (C=O) groups excluding carboxylic acids is 2. The molecule has 0 spiro atoms. The van der Waals surface area contributed by atoms with Gasteiger partial charge in [-0.05, 0) is 86.6 Å². The van der Waals surface area contributed by atoms with E-state index >= 15 is 0 Å². The first-order chi connectivity index (χ1) is 21.5. The number of amides is 2. The number of carbonyl (C=O) groups is 2. The van der Waals surface area contributed by atoms with Crippen LogP contribution in [0.4, 0.5) is 0 Å². The molecule has 224 valence electrons. The highest BCUT2D eigenvalue weighted by atomic mass is 16.8. The van der Waals surface area contributed by atoms with Crippen molar-refractivity contribution in [3.63, 3.8) is 0 Å². The molecule has 3 heterocycles. The van der Waals surface area contributed by atoms with Crippen LogP contribution in [-0.2, 0) is 9.47 Å². The Bertz CT molecular complexity index is 1490. The number of pyridine rings is 2. The second-order valence-corrected chi connectivity index (χ2v) is 9.51. The normalized spacial score (nSPS) is 17.0. The summed E-state index contributed by atoms with van der Waals surface area (Å²) in [7, 11) is 0. The fraction of sp³-hybridized carbons (Fsp3) is 0.188. The average Bonchev–Trinajstić information content (AvgIpc) is 3.08. The van der Waals surface area contributed by atoms with Gasteiger partial charge in [-0.1, -0.05) is 0 Å². The largest absolute Gasteiger partial charge is 0.458 e. The molecule has 1 aliphatic heterocycles. The first-order valence-corrected chi connectivity index (χ1v) is 13.7. The topological polar surface area (TPSA) is 146 Å². The van der Waals surface area contributed by atoms with Crippen molar-refractivity contribution >= 4 is 23.2 Å². The van der Waals surface area contributed by atoms with E-state index in [1.165, 1.54) is 0 Å². The highest BCUT2D eigenvalue weighted by molar-refractivity contribution is 6.01. The summed E-state index contributed by atoms with van der Waals surface area (Å²) in [5.74, 6) is 0.181. The molecule has 5 rings (SSSR count). The Labute approximate surface area is 253 Å². The zero-order chi connectivity index (χ0) is 30.7. The zero-order valence-electron chi connectivity index (χ0n) is 24.0. The van der Waals surface area contributed by atoms with Gasteiger partial charge in [-0.2, -0.15) is 10.2 Å². The SMILES string of the molecule is C/C(=N/NC(=O)c1ccc(O[C@H]2OCCO[C@H]2Oc2ccc(C(=O)N/N=C(/C)c3ccncc3)cc2)cc1)c1ccncc1. The summed E-state index contributed by atoms with van der Waals surface area (Å²) in [5.41, 5.74) is 8.93. The maximum atomic E-state index is 12.6. The van der Waals surface area contributed by atoms with E-state index in [0.29, 0.717) is 47.3 Å². The van der Waals surface area contributed by atoms with Gasteiger partial charge in [0, 0.05) is 47.0 Å². The molecule has 0 bridgehead atoms. The van der Waals surface area contributed by atoms with Crippen LogP contribution in [0.15, 0.2) is 108 Å². The number of hydrazone groups is 2. The van der Waals surface area contributed by atoms with Gasteiger partial charge in [-0.25, -0.2) is 10.9 Å². The molecular formula is C32H30N6O6. The number of rotatable bonds is 10. The van der Waals surface area contributed by atoms with Gasteiger partial charge in [0.15, 0.2) is 0 Å². The van der Waals surface area contributed by atoms with Crippen molar-refractivity contribution in [1.29, 1.82) is 0 Å². The van der Waals surface area contributed by atoms with E-state index in [1.54, 1.807) is 87.2 Å². The lowest BCUT2D eigenvalue weighted by molar-refractivity contribution is -0.271. The molecule has 2 aromatic carbocycles. The Morgan fingerprint density at radius 1 is 0.614 bits per heavy atom. The Hall–Kier alpha value is -5.46. The third kappa shape index (κ3) is 8.09. The molecule has 12 heteroatoms. The standard InChI is InChI=1S/C32H30N6O6/c1-21(23-11-15-33-16-12-23)35-37-29(39)25-3-7-27(8-4-25)43-31-32(42-20-19-41-31)44-28-9-5-26(6-10-28)30(40)38-36-22(2)24-13-17-34-18-14-24/h3-18,31-32H,19-20H2,1-2H3,(H,37,39)(H,38,40)/b35-21-,36-22-/t31-,32+. The quantitative estimate of drug-likeness (QED) is 0.207. The minimum atomic E-state index is -0.871. The lowest BCUT2D eigenvalue weighted by Crippen LogP contribution is -2.45. The first-order valence-electron chi connectivity index (χ1n) is 13.7. The summed E-state index contributed by atoms with van der Waals surface area (Å²) >= 11 is 0. The van der Waals surface area contributed by atoms with E-state index < -0.39 is 12.6 Å². The molecule has 44 heavy (non-hydrogen) atoms. The van der Waals surface area contributed by atoms with E-state index in [2.05, 4.69) is 31.0 Å². The van der Waals surface area contributed by atoms with Crippen molar-refractivity contribution in [2.45, 2.75) is 26.4 Å². The summed E-state index contributed by atoms with van der Waals surface area (Å²) < 4.78 is 23.4. The lowest BCUT2D eigenvalue weighted by atomic mass is 10.2.